The lowest BCUT2D eigenvalue weighted by molar-refractivity contribution is 0.127. The smallest absolute Gasteiger partial charge is 0.119 e. The predicted molar refractivity (Wildman–Crippen MR) is 59.2 cm³/mol. The molecular weight excluding hydrogens is 192 g/mol. The van der Waals surface area contributed by atoms with Gasteiger partial charge in [-0.05, 0) is 17.7 Å². The standard InChI is InChI=1S/C11H16N2O2/c1-14-10-4-2-3-9(7-10)8-15-6-5-11(12)13/h2-4,7H,5-6,8H2,1H3,(H3,12,13). The molecule has 0 aliphatic rings. The first-order valence-electron chi connectivity index (χ1n) is 4.76. The van der Waals surface area contributed by atoms with E-state index in [1.807, 2.05) is 24.3 Å². The molecule has 0 saturated heterocycles. The van der Waals surface area contributed by atoms with E-state index in [2.05, 4.69) is 0 Å². The molecule has 1 aromatic carbocycles. The zero-order chi connectivity index (χ0) is 11.1. The highest BCUT2D eigenvalue weighted by Gasteiger charge is 1.96. The highest BCUT2D eigenvalue weighted by molar-refractivity contribution is 5.76. The van der Waals surface area contributed by atoms with Crippen molar-refractivity contribution in [1.82, 2.24) is 0 Å². The average molecular weight is 208 g/mol. The molecule has 0 unspecified atom stereocenters. The topological polar surface area (TPSA) is 68.3 Å². The molecular formula is C11H16N2O2. The van der Waals surface area contributed by atoms with Gasteiger partial charge in [0.1, 0.15) is 5.75 Å². The van der Waals surface area contributed by atoms with Crippen LogP contribution >= 0.6 is 0 Å². The second kappa shape index (κ2) is 6.03. The molecule has 0 heterocycles. The molecule has 0 spiro atoms. The number of ether oxygens (including phenoxy) is 2. The zero-order valence-electron chi connectivity index (χ0n) is 8.82. The van der Waals surface area contributed by atoms with Crippen LogP contribution in [0.5, 0.6) is 5.75 Å². The second-order valence-electron chi connectivity index (χ2n) is 3.18. The van der Waals surface area contributed by atoms with E-state index in [0.29, 0.717) is 19.6 Å². The minimum Gasteiger partial charge on any atom is -0.497 e. The van der Waals surface area contributed by atoms with Crippen LogP contribution in [0.1, 0.15) is 12.0 Å². The summed E-state index contributed by atoms with van der Waals surface area (Å²) in [5.41, 5.74) is 6.25. The summed E-state index contributed by atoms with van der Waals surface area (Å²) in [6.07, 6.45) is 0.476. The second-order valence-corrected chi connectivity index (χ2v) is 3.18. The number of amidine groups is 1. The number of methoxy groups -OCH3 is 1. The molecule has 15 heavy (non-hydrogen) atoms. The van der Waals surface area contributed by atoms with Gasteiger partial charge in [0, 0.05) is 6.42 Å². The number of nitrogens with two attached hydrogens (primary N) is 1. The van der Waals surface area contributed by atoms with Gasteiger partial charge in [-0.15, -0.1) is 0 Å². The van der Waals surface area contributed by atoms with Crippen LogP contribution in [0.3, 0.4) is 0 Å². The maximum atomic E-state index is 7.02. The van der Waals surface area contributed by atoms with Crippen molar-refractivity contribution in [1.29, 1.82) is 5.41 Å². The minimum atomic E-state index is 0.153. The molecule has 0 radical (unpaired) electrons. The van der Waals surface area contributed by atoms with Crippen molar-refractivity contribution >= 4 is 5.84 Å². The molecule has 82 valence electrons. The third-order valence-electron chi connectivity index (χ3n) is 1.92. The van der Waals surface area contributed by atoms with Gasteiger partial charge in [-0.25, -0.2) is 0 Å². The van der Waals surface area contributed by atoms with Crippen LogP contribution in [-0.2, 0) is 11.3 Å². The summed E-state index contributed by atoms with van der Waals surface area (Å²) in [6, 6.07) is 7.70. The lowest BCUT2D eigenvalue weighted by Gasteiger charge is -2.05. The van der Waals surface area contributed by atoms with Crippen LogP contribution in [0.15, 0.2) is 24.3 Å². The quantitative estimate of drug-likeness (QED) is 0.423. The normalized spacial score (nSPS) is 9.93. The molecule has 0 bridgehead atoms. The van der Waals surface area contributed by atoms with E-state index >= 15 is 0 Å². The number of rotatable bonds is 6. The Balaban J connectivity index is 2.33. The Morgan fingerprint density at radius 1 is 1.47 bits per heavy atom. The van der Waals surface area contributed by atoms with Crippen LogP contribution in [0, 0.1) is 5.41 Å². The van der Waals surface area contributed by atoms with E-state index in [9.17, 15) is 0 Å². The van der Waals surface area contributed by atoms with Gasteiger partial charge < -0.3 is 15.2 Å². The predicted octanol–water partition coefficient (Wildman–Crippen LogP) is 1.54. The molecule has 0 saturated carbocycles. The van der Waals surface area contributed by atoms with Crippen molar-refractivity contribution in [3.05, 3.63) is 29.8 Å². The monoisotopic (exact) mass is 208 g/mol. The molecule has 4 heteroatoms. The van der Waals surface area contributed by atoms with Gasteiger partial charge in [-0.2, -0.15) is 0 Å². The lowest BCUT2D eigenvalue weighted by Crippen LogP contribution is -2.12. The largest absolute Gasteiger partial charge is 0.497 e. The van der Waals surface area contributed by atoms with Crippen molar-refractivity contribution in [3.63, 3.8) is 0 Å². The van der Waals surface area contributed by atoms with E-state index in [0.717, 1.165) is 11.3 Å². The van der Waals surface area contributed by atoms with Crippen LogP contribution in [0.4, 0.5) is 0 Å². The van der Waals surface area contributed by atoms with Gasteiger partial charge in [0.05, 0.1) is 26.2 Å². The van der Waals surface area contributed by atoms with E-state index in [1.165, 1.54) is 0 Å². The first-order valence-corrected chi connectivity index (χ1v) is 4.76. The Labute approximate surface area is 89.5 Å². The summed E-state index contributed by atoms with van der Waals surface area (Å²) in [5.74, 6) is 0.975. The Bertz CT molecular complexity index is 326. The summed E-state index contributed by atoms with van der Waals surface area (Å²) in [6.45, 7) is 0.997. The minimum absolute atomic E-state index is 0.153. The molecule has 0 aliphatic carbocycles. The Morgan fingerprint density at radius 3 is 2.93 bits per heavy atom. The lowest BCUT2D eigenvalue weighted by atomic mass is 10.2. The van der Waals surface area contributed by atoms with Crippen molar-refractivity contribution < 1.29 is 9.47 Å². The molecule has 0 fully saturated rings. The molecule has 0 amide bonds. The van der Waals surface area contributed by atoms with Crippen molar-refractivity contribution in [2.75, 3.05) is 13.7 Å². The van der Waals surface area contributed by atoms with E-state index < -0.39 is 0 Å². The summed E-state index contributed by atoms with van der Waals surface area (Å²) < 4.78 is 10.4. The fourth-order valence-corrected chi connectivity index (χ4v) is 1.13. The summed E-state index contributed by atoms with van der Waals surface area (Å²) in [5, 5.41) is 7.02. The fraction of sp³-hybridized carbons (Fsp3) is 0.364. The number of nitrogens with one attached hydrogen (secondary N) is 1. The van der Waals surface area contributed by atoms with Crippen LogP contribution in [0.2, 0.25) is 0 Å². The highest BCUT2D eigenvalue weighted by Crippen LogP contribution is 2.13. The molecule has 3 N–H and O–H groups in total. The Kier molecular flexibility index (Phi) is 4.63. The zero-order valence-corrected chi connectivity index (χ0v) is 8.82. The molecule has 0 atom stereocenters. The van der Waals surface area contributed by atoms with Gasteiger partial charge in [0.25, 0.3) is 0 Å². The summed E-state index contributed by atoms with van der Waals surface area (Å²) in [4.78, 5) is 0. The number of hydrogen-bond donors (Lipinski definition) is 2. The number of hydrogen-bond acceptors (Lipinski definition) is 3. The van der Waals surface area contributed by atoms with Crippen LogP contribution < -0.4 is 10.5 Å². The molecule has 0 aromatic heterocycles. The van der Waals surface area contributed by atoms with Gasteiger partial charge in [0.2, 0.25) is 0 Å². The molecule has 1 aromatic rings. The molecule has 0 aliphatic heterocycles. The summed E-state index contributed by atoms with van der Waals surface area (Å²) in [7, 11) is 1.63. The van der Waals surface area contributed by atoms with Gasteiger partial charge in [0.15, 0.2) is 0 Å². The maximum Gasteiger partial charge on any atom is 0.119 e. The highest BCUT2D eigenvalue weighted by atomic mass is 16.5. The van der Waals surface area contributed by atoms with Gasteiger partial charge >= 0.3 is 0 Å². The Hall–Kier alpha value is -1.55. The molecule has 1 rings (SSSR count). The first kappa shape index (κ1) is 11.5. The van der Waals surface area contributed by atoms with Crippen molar-refractivity contribution in [2.24, 2.45) is 5.73 Å². The van der Waals surface area contributed by atoms with E-state index in [4.69, 9.17) is 20.6 Å². The number of benzene rings is 1. The average Bonchev–Trinajstić information content (AvgIpc) is 2.24. The van der Waals surface area contributed by atoms with Crippen LogP contribution in [-0.4, -0.2) is 19.6 Å². The Morgan fingerprint density at radius 2 is 2.27 bits per heavy atom. The fourth-order valence-electron chi connectivity index (χ4n) is 1.13. The SMILES string of the molecule is COc1cccc(COCCC(=N)N)c1. The summed E-state index contributed by atoms with van der Waals surface area (Å²) >= 11 is 0. The van der Waals surface area contributed by atoms with Crippen molar-refractivity contribution in [2.45, 2.75) is 13.0 Å². The van der Waals surface area contributed by atoms with E-state index in [-0.39, 0.29) is 5.84 Å². The third kappa shape index (κ3) is 4.46. The molecule has 4 nitrogen and oxygen atoms in total. The van der Waals surface area contributed by atoms with Crippen molar-refractivity contribution in [3.8, 4) is 5.75 Å². The maximum absolute atomic E-state index is 7.02. The van der Waals surface area contributed by atoms with Crippen LogP contribution in [0.25, 0.3) is 0 Å². The third-order valence-corrected chi connectivity index (χ3v) is 1.92. The van der Waals surface area contributed by atoms with E-state index in [1.54, 1.807) is 7.11 Å². The van der Waals surface area contributed by atoms with Gasteiger partial charge in [-0.1, -0.05) is 12.1 Å². The first-order chi connectivity index (χ1) is 7.22. The van der Waals surface area contributed by atoms with Gasteiger partial charge in [-0.3, -0.25) is 5.41 Å².